The predicted molar refractivity (Wildman–Crippen MR) is 80.6 cm³/mol. The number of methoxy groups -OCH3 is 1. The standard InChI is InChI=1S/C17H27NO/c1-4-14-8-5-6-11-17(14)18-13(2)15-9-7-10-16(12-15)19-3/h7,9-10,12-14,17-18H,4-6,8,11H2,1-3H3/t13-,14?,17?/m0/s1. The molecule has 3 atom stereocenters. The van der Waals surface area contributed by atoms with Gasteiger partial charge >= 0.3 is 0 Å². The van der Waals surface area contributed by atoms with Gasteiger partial charge in [0.25, 0.3) is 0 Å². The lowest BCUT2D eigenvalue weighted by Gasteiger charge is -2.34. The Labute approximate surface area is 117 Å². The molecule has 2 heteroatoms. The van der Waals surface area contributed by atoms with Crippen LogP contribution in [-0.4, -0.2) is 13.2 Å². The van der Waals surface area contributed by atoms with Gasteiger partial charge in [0.15, 0.2) is 0 Å². The lowest BCUT2D eigenvalue weighted by Crippen LogP contribution is -2.39. The molecule has 0 aliphatic heterocycles. The van der Waals surface area contributed by atoms with Crippen LogP contribution in [-0.2, 0) is 0 Å². The summed E-state index contributed by atoms with van der Waals surface area (Å²) >= 11 is 0. The van der Waals surface area contributed by atoms with Crippen LogP contribution in [0.4, 0.5) is 0 Å². The van der Waals surface area contributed by atoms with Gasteiger partial charge in [0, 0.05) is 12.1 Å². The predicted octanol–water partition coefficient (Wildman–Crippen LogP) is 4.31. The molecule has 1 N–H and O–H groups in total. The molecule has 19 heavy (non-hydrogen) atoms. The summed E-state index contributed by atoms with van der Waals surface area (Å²) in [6.07, 6.45) is 6.79. The van der Waals surface area contributed by atoms with E-state index in [0.29, 0.717) is 12.1 Å². The molecule has 0 heterocycles. The second kappa shape index (κ2) is 6.95. The Balaban J connectivity index is 2.00. The molecule has 0 bridgehead atoms. The molecule has 1 aromatic rings. The van der Waals surface area contributed by atoms with Crippen LogP contribution in [0, 0.1) is 5.92 Å². The lowest BCUT2D eigenvalue weighted by atomic mass is 9.82. The van der Waals surface area contributed by atoms with E-state index in [-0.39, 0.29) is 0 Å². The van der Waals surface area contributed by atoms with E-state index < -0.39 is 0 Å². The summed E-state index contributed by atoms with van der Waals surface area (Å²) in [5, 5.41) is 3.83. The van der Waals surface area contributed by atoms with Crippen molar-refractivity contribution in [1.82, 2.24) is 5.32 Å². The van der Waals surface area contributed by atoms with Crippen molar-refractivity contribution < 1.29 is 4.74 Å². The van der Waals surface area contributed by atoms with Crippen molar-refractivity contribution >= 4 is 0 Å². The first-order chi connectivity index (χ1) is 9.24. The molecule has 1 aromatic carbocycles. The fourth-order valence-electron chi connectivity index (χ4n) is 3.24. The smallest absolute Gasteiger partial charge is 0.119 e. The maximum Gasteiger partial charge on any atom is 0.119 e. The zero-order valence-electron chi connectivity index (χ0n) is 12.5. The van der Waals surface area contributed by atoms with Gasteiger partial charge in [-0.15, -0.1) is 0 Å². The van der Waals surface area contributed by atoms with E-state index in [1.807, 2.05) is 6.07 Å². The van der Waals surface area contributed by atoms with Gasteiger partial charge in [0.1, 0.15) is 5.75 Å². The molecule has 0 radical (unpaired) electrons. The van der Waals surface area contributed by atoms with E-state index in [9.17, 15) is 0 Å². The minimum Gasteiger partial charge on any atom is -0.497 e. The van der Waals surface area contributed by atoms with E-state index in [1.54, 1.807) is 7.11 Å². The molecule has 0 saturated heterocycles. The van der Waals surface area contributed by atoms with Crippen molar-refractivity contribution in [2.75, 3.05) is 7.11 Å². The lowest BCUT2D eigenvalue weighted by molar-refractivity contribution is 0.240. The van der Waals surface area contributed by atoms with Crippen LogP contribution in [0.2, 0.25) is 0 Å². The number of ether oxygens (including phenoxy) is 1. The Kier molecular flexibility index (Phi) is 5.26. The van der Waals surface area contributed by atoms with Crippen LogP contribution in [0.1, 0.15) is 57.6 Å². The average Bonchev–Trinajstić information content (AvgIpc) is 2.47. The van der Waals surface area contributed by atoms with Crippen LogP contribution >= 0.6 is 0 Å². The van der Waals surface area contributed by atoms with Crippen molar-refractivity contribution in [2.45, 2.75) is 58.0 Å². The van der Waals surface area contributed by atoms with Crippen LogP contribution in [0.15, 0.2) is 24.3 Å². The number of hydrogen-bond donors (Lipinski definition) is 1. The Morgan fingerprint density at radius 2 is 2.11 bits per heavy atom. The maximum absolute atomic E-state index is 5.31. The molecule has 1 aliphatic rings. The quantitative estimate of drug-likeness (QED) is 0.852. The monoisotopic (exact) mass is 261 g/mol. The first-order valence-corrected chi connectivity index (χ1v) is 7.64. The van der Waals surface area contributed by atoms with Crippen molar-refractivity contribution in [3.8, 4) is 5.75 Å². The van der Waals surface area contributed by atoms with Crippen molar-refractivity contribution in [3.63, 3.8) is 0 Å². The summed E-state index contributed by atoms with van der Waals surface area (Å²) < 4.78 is 5.31. The zero-order valence-corrected chi connectivity index (χ0v) is 12.5. The molecule has 1 fully saturated rings. The van der Waals surface area contributed by atoms with Gasteiger partial charge in [-0.05, 0) is 43.4 Å². The minimum absolute atomic E-state index is 0.396. The molecular formula is C17H27NO. The number of rotatable bonds is 5. The molecule has 0 aromatic heterocycles. The number of nitrogens with one attached hydrogen (secondary N) is 1. The summed E-state index contributed by atoms with van der Waals surface area (Å²) in [7, 11) is 1.73. The highest BCUT2D eigenvalue weighted by molar-refractivity contribution is 5.30. The Morgan fingerprint density at radius 3 is 2.84 bits per heavy atom. The van der Waals surface area contributed by atoms with Gasteiger partial charge < -0.3 is 10.1 Å². The normalized spacial score (nSPS) is 25.0. The Hall–Kier alpha value is -1.02. The van der Waals surface area contributed by atoms with E-state index in [4.69, 9.17) is 4.74 Å². The SMILES string of the molecule is CCC1CCCCC1N[C@@H](C)c1cccc(OC)c1. The molecule has 1 saturated carbocycles. The fourth-order valence-corrected chi connectivity index (χ4v) is 3.24. The van der Waals surface area contributed by atoms with Crippen molar-refractivity contribution in [2.24, 2.45) is 5.92 Å². The topological polar surface area (TPSA) is 21.3 Å². The highest BCUT2D eigenvalue weighted by Gasteiger charge is 2.24. The Morgan fingerprint density at radius 1 is 1.32 bits per heavy atom. The third-order valence-corrected chi connectivity index (χ3v) is 4.49. The molecule has 1 aliphatic carbocycles. The van der Waals surface area contributed by atoms with E-state index >= 15 is 0 Å². The first kappa shape index (κ1) is 14.4. The van der Waals surface area contributed by atoms with Gasteiger partial charge in [-0.2, -0.15) is 0 Å². The molecular weight excluding hydrogens is 234 g/mol. The van der Waals surface area contributed by atoms with Crippen LogP contribution in [0.5, 0.6) is 5.75 Å². The molecule has 0 spiro atoms. The minimum atomic E-state index is 0.396. The largest absolute Gasteiger partial charge is 0.497 e. The molecule has 2 unspecified atom stereocenters. The van der Waals surface area contributed by atoms with Crippen LogP contribution < -0.4 is 10.1 Å². The first-order valence-electron chi connectivity index (χ1n) is 7.64. The van der Waals surface area contributed by atoms with Gasteiger partial charge in [0.2, 0.25) is 0 Å². The third kappa shape index (κ3) is 3.73. The summed E-state index contributed by atoms with van der Waals surface area (Å²) in [6, 6.07) is 9.48. The molecule has 2 nitrogen and oxygen atoms in total. The summed E-state index contributed by atoms with van der Waals surface area (Å²) in [6.45, 7) is 4.58. The van der Waals surface area contributed by atoms with Crippen LogP contribution in [0.3, 0.4) is 0 Å². The second-order valence-electron chi connectivity index (χ2n) is 5.72. The summed E-state index contributed by atoms with van der Waals surface area (Å²) in [5.74, 6) is 1.80. The van der Waals surface area contributed by atoms with Gasteiger partial charge in [-0.25, -0.2) is 0 Å². The average molecular weight is 261 g/mol. The van der Waals surface area contributed by atoms with Gasteiger partial charge in [-0.3, -0.25) is 0 Å². The summed E-state index contributed by atoms with van der Waals surface area (Å²) in [4.78, 5) is 0. The molecule has 0 amide bonds. The third-order valence-electron chi connectivity index (χ3n) is 4.49. The highest BCUT2D eigenvalue weighted by Crippen LogP contribution is 2.29. The Bertz CT molecular complexity index is 391. The van der Waals surface area contributed by atoms with E-state index in [1.165, 1.54) is 37.7 Å². The summed E-state index contributed by atoms with van der Waals surface area (Å²) in [5.41, 5.74) is 1.32. The fraction of sp³-hybridized carbons (Fsp3) is 0.647. The zero-order chi connectivity index (χ0) is 13.7. The van der Waals surface area contributed by atoms with Crippen molar-refractivity contribution in [3.05, 3.63) is 29.8 Å². The maximum atomic E-state index is 5.31. The van der Waals surface area contributed by atoms with E-state index in [0.717, 1.165) is 11.7 Å². The second-order valence-corrected chi connectivity index (χ2v) is 5.72. The van der Waals surface area contributed by atoms with Gasteiger partial charge in [-0.1, -0.05) is 38.3 Å². The number of hydrogen-bond acceptors (Lipinski definition) is 2. The van der Waals surface area contributed by atoms with Gasteiger partial charge in [0.05, 0.1) is 7.11 Å². The van der Waals surface area contributed by atoms with Crippen molar-refractivity contribution in [1.29, 1.82) is 0 Å². The molecule has 2 rings (SSSR count). The van der Waals surface area contributed by atoms with Crippen LogP contribution in [0.25, 0.3) is 0 Å². The van der Waals surface area contributed by atoms with E-state index in [2.05, 4.69) is 37.4 Å². The highest BCUT2D eigenvalue weighted by atomic mass is 16.5. The molecule has 106 valence electrons. The number of benzene rings is 1.